The summed E-state index contributed by atoms with van der Waals surface area (Å²) < 4.78 is 0. The Labute approximate surface area is 192 Å². The summed E-state index contributed by atoms with van der Waals surface area (Å²) in [5.74, 6) is -0.446. The van der Waals surface area contributed by atoms with Crippen LogP contribution in [0.25, 0.3) is 0 Å². The third-order valence-corrected chi connectivity index (χ3v) is 7.27. The number of anilines is 1. The molecule has 3 aromatic rings. The van der Waals surface area contributed by atoms with E-state index < -0.39 is 0 Å². The number of imide groups is 1. The van der Waals surface area contributed by atoms with Gasteiger partial charge < -0.3 is 4.90 Å². The molecule has 32 heavy (non-hydrogen) atoms. The predicted octanol–water partition coefficient (Wildman–Crippen LogP) is 4.13. The number of aromatic nitrogens is 1. The molecule has 1 saturated heterocycles. The highest BCUT2D eigenvalue weighted by molar-refractivity contribution is 7.09. The van der Waals surface area contributed by atoms with E-state index in [0.717, 1.165) is 43.4 Å². The fourth-order valence-electron chi connectivity index (χ4n) is 4.67. The zero-order valence-corrected chi connectivity index (χ0v) is 19.1. The highest BCUT2D eigenvalue weighted by Crippen LogP contribution is 2.37. The van der Waals surface area contributed by atoms with Gasteiger partial charge in [-0.25, -0.2) is 4.98 Å². The molecule has 0 unspecified atom stereocenters. The minimum absolute atomic E-state index is 0.217. The van der Waals surface area contributed by atoms with Gasteiger partial charge in [-0.1, -0.05) is 35.9 Å². The lowest BCUT2D eigenvalue weighted by Crippen LogP contribution is -2.46. The lowest BCUT2D eigenvalue weighted by Gasteiger charge is -2.36. The summed E-state index contributed by atoms with van der Waals surface area (Å²) in [6.07, 6.45) is 1.70. The Balaban J connectivity index is 1.33. The molecule has 2 aliphatic rings. The van der Waals surface area contributed by atoms with Crippen molar-refractivity contribution in [1.29, 1.82) is 0 Å². The van der Waals surface area contributed by atoms with Gasteiger partial charge in [-0.2, -0.15) is 0 Å². The van der Waals surface area contributed by atoms with E-state index >= 15 is 0 Å². The van der Waals surface area contributed by atoms with Crippen molar-refractivity contribution in [1.82, 2.24) is 14.8 Å². The van der Waals surface area contributed by atoms with Crippen molar-refractivity contribution < 1.29 is 9.59 Å². The fraction of sp³-hybridized carbons (Fsp3) is 0.320. The lowest BCUT2D eigenvalue weighted by atomic mass is 10.1. The summed E-state index contributed by atoms with van der Waals surface area (Å²) in [5.41, 5.74) is 4.50. The predicted molar refractivity (Wildman–Crippen MR) is 126 cm³/mol. The molecule has 0 N–H and O–H groups in total. The molecule has 0 spiro atoms. The summed E-state index contributed by atoms with van der Waals surface area (Å²) in [6.45, 7) is 8.40. The molecule has 0 aliphatic carbocycles. The maximum absolute atomic E-state index is 13.4. The highest BCUT2D eigenvalue weighted by Gasteiger charge is 2.42. The average Bonchev–Trinajstić information content (AvgIpc) is 3.42. The van der Waals surface area contributed by atoms with Crippen molar-refractivity contribution in [2.45, 2.75) is 26.4 Å². The van der Waals surface area contributed by atoms with E-state index in [1.807, 2.05) is 24.4 Å². The molecular formula is C25H26N4O2S. The highest BCUT2D eigenvalue weighted by atomic mass is 32.1. The summed E-state index contributed by atoms with van der Waals surface area (Å²) in [5, 5.41) is 2.64. The van der Waals surface area contributed by atoms with Crippen molar-refractivity contribution >= 4 is 28.8 Å². The molecule has 1 aromatic heterocycles. The molecule has 164 valence electrons. The maximum Gasteiger partial charge on any atom is 0.264 e. The Hall–Kier alpha value is -3.03. The average molecular weight is 447 g/mol. The first-order chi connectivity index (χ1) is 15.5. The number of hydrogen-bond acceptors (Lipinski definition) is 6. The van der Waals surface area contributed by atoms with Crippen molar-refractivity contribution in [3.8, 4) is 0 Å². The Morgan fingerprint density at radius 1 is 1.03 bits per heavy atom. The van der Waals surface area contributed by atoms with Crippen LogP contribution in [-0.4, -0.2) is 52.8 Å². The molecule has 2 aromatic carbocycles. The minimum Gasteiger partial charge on any atom is -0.368 e. The van der Waals surface area contributed by atoms with Crippen molar-refractivity contribution in [2.75, 3.05) is 31.1 Å². The van der Waals surface area contributed by atoms with Gasteiger partial charge in [-0.3, -0.25) is 19.4 Å². The van der Waals surface area contributed by atoms with Gasteiger partial charge in [0.2, 0.25) is 0 Å². The maximum atomic E-state index is 13.4. The van der Waals surface area contributed by atoms with Crippen LogP contribution in [0.2, 0.25) is 0 Å². The van der Waals surface area contributed by atoms with Gasteiger partial charge in [0.05, 0.1) is 22.9 Å². The molecule has 2 amide bonds. The second-order valence-corrected chi connectivity index (χ2v) is 9.40. The van der Waals surface area contributed by atoms with Crippen LogP contribution in [0.15, 0.2) is 54.0 Å². The van der Waals surface area contributed by atoms with E-state index in [-0.39, 0.29) is 17.9 Å². The van der Waals surface area contributed by atoms with Crippen LogP contribution in [0, 0.1) is 6.92 Å². The smallest absolute Gasteiger partial charge is 0.264 e. The number of aryl methyl sites for hydroxylation is 1. The number of thiazole rings is 1. The fourth-order valence-corrected chi connectivity index (χ4v) is 5.35. The lowest BCUT2D eigenvalue weighted by molar-refractivity contribution is 0.0595. The molecule has 5 rings (SSSR count). The Bertz CT molecular complexity index is 1150. The van der Waals surface area contributed by atoms with E-state index in [0.29, 0.717) is 11.1 Å². The normalized spacial score (nSPS) is 17.7. The Kier molecular flexibility index (Phi) is 5.53. The third kappa shape index (κ3) is 3.72. The minimum atomic E-state index is -0.374. The second kappa shape index (κ2) is 8.48. The molecule has 0 bridgehead atoms. The molecule has 0 saturated carbocycles. The van der Waals surface area contributed by atoms with Gasteiger partial charge in [-0.15, -0.1) is 11.3 Å². The van der Waals surface area contributed by atoms with Gasteiger partial charge >= 0.3 is 0 Å². The first-order valence-corrected chi connectivity index (χ1v) is 11.8. The number of hydrogen-bond donors (Lipinski definition) is 0. The van der Waals surface area contributed by atoms with Crippen LogP contribution in [-0.2, 0) is 6.54 Å². The Morgan fingerprint density at radius 3 is 2.53 bits per heavy atom. The number of nitrogens with zero attached hydrogens (tertiary/aromatic N) is 4. The summed E-state index contributed by atoms with van der Waals surface area (Å²) >= 11 is 1.46. The van der Waals surface area contributed by atoms with Crippen LogP contribution >= 0.6 is 11.3 Å². The van der Waals surface area contributed by atoms with E-state index in [4.69, 9.17) is 0 Å². The van der Waals surface area contributed by atoms with Crippen LogP contribution in [0.4, 0.5) is 5.69 Å². The molecule has 2 aliphatic heterocycles. The quantitative estimate of drug-likeness (QED) is 0.552. The van der Waals surface area contributed by atoms with E-state index in [2.05, 4.69) is 46.0 Å². The van der Waals surface area contributed by atoms with Crippen LogP contribution in [0.1, 0.15) is 49.8 Å². The van der Waals surface area contributed by atoms with Gasteiger partial charge in [0, 0.05) is 44.3 Å². The number of carbonyl (C=O) groups excluding carboxylic acids is 2. The number of fused-ring (bicyclic) bond motifs is 1. The zero-order chi connectivity index (χ0) is 22.2. The second-order valence-electron chi connectivity index (χ2n) is 8.48. The molecule has 7 heteroatoms. The topological polar surface area (TPSA) is 56.8 Å². The molecule has 1 fully saturated rings. The van der Waals surface area contributed by atoms with Crippen LogP contribution in [0.3, 0.4) is 0 Å². The van der Waals surface area contributed by atoms with Gasteiger partial charge in [0.25, 0.3) is 11.8 Å². The zero-order valence-electron chi connectivity index (χ0n) is 18.3. The van der Waals surface area contributed by atoms with Gasteiger partial charge in [0.1, 0.15) is 5.01 Å². The van der Waals surface area contributed by atoms with Crippen LogP contribution in [0.5, 0.6) is 0 Å². The summed E-state index contributed by atoms with van der Waals surface area (Å²) in [6, 6.07) is 13.9. The SMILES string of the molecule is Cc1cccc(CN2CCN(c3cccc4c3C(=O)N([C@@H](C)c3nccs3)C4=O)CC2)c1. The van der Waals surface area contributed by atoms with Crippen molar-refractivity contribution in [3.05, 3.63) is 81.3 Å². The molecular weight excluding hydrogens is 420 g/mol. The molecule has 1 atom stereocenters. The van der Waals surface area contributed by atoms with E-state index in [1.54, 1.807) is 12.3 Å². The first-order valence-electron chi connectivity index (χ1n) is 11.0. The van der Waals surface area contributed by atoms with Gasteiger partial charge in [0.15, 0.2) is 0 Å². The standard InChI is InChI=1S/C25H26N4O2S/c1-17-5-3-6-19(15-17)16-27-10-12-28(13-11-27)21-8-4-7-20-22(21)25(31)29(24(20)30)18(2)23-26-9-14-32-23/h3-9,14-15,18H,10-13,16H2,1-2H3/t18-/m0/s1. The van der Waals surface area contributed by atoms with Gasteiger partial charge in [-0.05, 0) is 31.5 Å². The molecule has 0 radical (unpaired) electrons. The number of piperazine rings is 1. The monoisotopic (exact) mass is 446 g/mol. The molecule has 6 nitrogen and oxygen atoms in total. The Morgan fingerprint density at radius 2 is 1.81 bits per heavy atom. The number of benzene rings is 2. The first kappa shape index (κ1) is 20.8. The van der Waals surface area contributed by atoms with E-state index in [1.165, 1.54) is 27.4 Å². The van der Waals surface area contributed by atoms with E-state index in [9.17, 15) is 9.59 Å². The summed E-state index contributed by atoms with van der Waals surface area (Å²) in [7, 11) is 0. The van der Waals surface area contributed by atoms with Crippen molar-refractivity contribution in [2.24, 2.45) is 0 Å². The number of rotatable bonds is 5. The largest absolute Gasteiger partial charge is 0.368 e. The van der Waals surface area contributed by atoms with Crippen LogP contribution < -0.4 is 4.90 Å². The number of carbonyl (C=O) groups is 2. The third-order valence-electron chi connectivity index (χ3n) is 6.32. The number of amides is 2. The molecule has 3 heterocycles. The summed E-state index contributed by atoms with van der Waals surface area (Å²) in [4.78, 5) is 36.9. The van der Waals surface area contributed by atoms with Crippen molar-refractivity contribution in [3.63, 3.8) is 0 Å².